The van der Waals surface area contributed by atoms with Gasteiger partial charge in [0.1, 0.15) is 17.3 Å². The largest absolute Gasteiger partial charge is 0.495 e. The average molecular weight is 392 g/mol. The second-order valence-corrected chi connectivity index (χ2v) is 6.26. The first-order valence-electron chi connectivity index (χ1n) is 9.33. The summed E-state index contributed by atoms with van der Waals surface area (Å²) in [5.74, 6) is 1.30. The Kier molecular flexibility index (Phi) is 7.13. The van der Waals surface area contributed by atoms with E-state index in [1.165, 1.54) is 0 Å². The second kappa shape index (κ2) is 10.2. The fourth-order valence-electron chi connectivity index (χ4n) is 2.74. The van der Waals surface area contributed by atoms with Gasteiger partial charge >= 0.3 is 0 Å². The Morgan fingerprint density at radius 2 is 1.76 bits per heavy atom. The molecule has 7 heteroatoms. The molecule has 3 rings (SSSR count). The predicted octanol–water partition coefficient (Wildman–Crippen LogP) is 3.85. The Bertz CT molecular complexity index is 948. The van der Waals surface area contributed by atoms with Crippen molar-refractivity contribution in [3.63, 3.8) is 0 Å². The van der Waals surface area contributed by atoms with Crippen LogP contribution in [-0.4, -0.2) is 43.2 Å². The molecule has 2 aromatic carbocycles. The molecule has 150 valence electrons. The van der Waals surface area contributed by atoms with Crippen LogP contribution in [0.5, 0.6) is 5.75 Å². The minimum Gasteiger partial charge on any atom is -0.495 e. The van der Waals surface area contributed by atoms with Gasteiger partial charge in [0.2, 0.25) is 0 Å². The topological polar surface area (TPSA) is 85.4 Å². The number of nitrogens with zero attached hydrogens (tertiary/aromatic N) is 2. The van der Waals surface area contributed by atoms with Crippen molar-refractivity contribution in [1.82, 2.24) is 9.97 Å². The van der Waals surface area contributed by atoms with Crippen molar-refractivity contribution in [2.24, 2.45) is 0 Å². The molecule has 0 aliphatic heterocycles. The molecule has 1 heterocycles. The SMILES string of the molecule is COCCCNc1cc(C(=O)Nc2ccccc2OC)nc(-c2ccccc2)n1. The van der Waals surface area contributed by atoms with Crippen molar-refractivity contribution in [1.29, 1.82) is 0 Å². The number of amides is 1. The van der Waals surface area contributed by atoms with Crippen molar-refractivity contribution in [2.75, 3.05) is 38.0 Å². The molecule has 1 amide bonds. The normalized spacial score (nSPS) is 10.4. The molecule has 2 N–H and O–H groups in total. The van der Waals surface area contributed by atoms with Crippen LogP contribution in [0.2, 0.25) is 0 Å². The minimum absolute atomic E-state index is 0.263. The average Bonchev–Trinajstić information content (AvgIpc) is 2.77. The summed E-state index contributed by atoms with van der Waals surface area (Å²) in [6.07, 6.45) is 0.823. The van der Waals surface area contributed by atoms with Gasteiger partial charge in [-0.3, -0.25) is 4.79 Å². The molecule has 29 heavy (non-hydrogen) atoms. The summed E-state index contributed by atoms with van der Waals surface area (Å²) in [7, 11) is 3.23. The number of hydrogen-bond donors (Lipinski definition) is 2. The quantitative estimate of drug-likeness (QED) is 0.538. The number of rotatable bonds is 9. The standard InChI is InChI=1S/C22H24N4O3/c1-28-14-8-13-23-20-15-18(24-21(26-20)16-9-4-3-5-10-16)22(27)25-17-11-6-7-12-19(17)29-2/h3-7,9-12,15H,8,13-14H2,1-2H3,(H,25,27)(H,23,24,26). The van der Waals surface area contributed by atoms with Crippen molar-refractivity contribution in [3.05, 3.63) is 66.4 Å². The van der Waals surface area contributed by atoms with Crippen molar-refractivity contribution in [3.8, 4) is 17.1 Å². The lowest BCUT2D eigenvalue weighted by Gasteiger charge is -2.12. The van der Waals surface area contributed by atoms with Crippen LogP contribution in [0.4, 0.5) is 11.5 Å². The molecular weight excluding hydrogens is 368 g/mol. The van der Waals surface area contributed by atoms with E-state index in [1.54, 1.807) is 32.4 Å². The second-order valence-electron chi connectivity index (χ2n) is 6.26. The maximum absolute atomic E-state index is 12.9. The van der Waals surface area contributed by atoms with Gasteiger partial charge in [-0.15, -0.1) is 0 Å². The van der Waals surface area contributed by atoms with Gasteiger partial charge < -0.3 is 20.1 Å². The lowest BCUT2D eigenvalue weighted by atomic mass is 10.2. The van der Waals surface area contributed by atoms with E-state index in [9.17, 15) is 4.79 Å². The van der Waals surface area contributed by atoms with E-state index >= 15 is 0 Å². The Morgan fingerprint density at radius 3 is 2.52 bits per heavy atom. The number of anilines is 2. The Labute approximate surface area is 170 Å². The molecule has 0 saturated carbocycles. The number of carbonyl (C=O) groups is 1. The van der Waals surface area contributed by atoms with Crippen LogP contribution < -0.4 is 15.4 Å². The number of aromatic nitrogens is 2. The Hall–Kier alpha value is -3.45. The van der Waals surface area contributed by atoms with Crippen LogP contribution in [0.15, 0.2) is 60.7 Å². The summed E-state index contributed by atoms with van der Waals surface area (Å²) < 4.78 is 10.4. The third-order valence-electron chi connectivity index (χ3n) is 4.18. The van der Waals surface area contributed by atoms with Gasteiger partial charge in [-0.1, -0.05) is 42.5 Å². The summed E-state index contributed by atoms with van der Waals surface area (Å²) in [5.41, 5.74) is 1.67. The van der Waals surface area contributed by atoms with E-state index in [1.807, 2.05) is 42.5 Å². The summed E-state index contributed by atoms with van der Waals surface area (Å²) in [6, 6.07) is 18.4. The zero-order chi connectivity index (χ0) is 20.5. The van der Waals surface area contributed by atoms with Gasteiger partial charge in [0.05, 0.1) is 12.8 Å². The van der Waals surface area contributed by atoms with E-state index in [0.717, 1.165) is 12.0 Å². The summed E-state index contributed by atoms with van der Waals surface area (Å²) in [6.45, 7) is 1.32. The van der Waals surface area contributed by atoms with Gasteiger partial charge in [0, 0.05) is 31.9 Å². The van der Waals surface area contributed by atoms with Crippen molar-refractivity contribution in [2.45, 2.75) is 6.42 Å². The summed E-state index contributed by atoms with van der Waals surface area (Å²) in [4.78, 5) is 21.9. The van der Waals surface area contributed by atoms with Gasteiger partial charge in [-0.25, -0.2) is 9.97 Å². The number of carbonyl (C=O) groups excluding carboxylic acids is 1. The number of ether oxygens (including phenoxy) is 2. The fourth-order valence-corrected chi connectivity index (χ4v) is 2.74. The van der Waals surface area contributed by atoms with Gasteiger partial charge in [0.25, 0.3) is 5.91 Å². The maximum atomic E-state index is 12.9. The highest BCUT2D eigenvalue weighted by Gasteiger charge is 2.15. The molecule has 0 aliphatic carbocycles. The molecular formula is C22H24N4O3. The molecule has 0 fully saturated rings. The molecule has 0 spiro atoms. The minimum atomic E-state index is -0.339. The lowest BCUT2D eigenvalue weighted by molar-refractivity contribution is 0.102. The molecule has 7 nitrogen and oxygen atoms in total. The first-order chi connectivity index (χ1) is 14.2. The third-order valence-corrected chi connectivity index (χ3v) is 4.18. The van der Waals surface area contributed by atoms with Crippen LogP contribution in [0.25, 0.3) is 11.4 Å². The Morgan fingerprint density at radius 1 is 1.00 bits per heavy atom. The van der Waals surface area contributed by atoms with Crippen LogP contribution in [0.3, 0.4) is 0 Å². The molecule has 0 atom stereocenters. The Balaban J connectivity index is 1.88. The number of para-hydroxylation sites is 2. The third kappa shape index (κ3) is 5.52. The molecule has 0 saturated heterocycles. The number of hydrogen-bond acceptors (Lipinski definition) is 6. The van der Waals surface area contributed by atoms with Gasteiger partial charge in [0.15, 0.2) is 5.82 Å². The number of nitrogens with one attached hydrogen (secondary N) is 2. The van der Waals surface area contributed by atoms with Crippen molar-refractivity contribution < 1.29 is 14.3 Å². The van der Waals surface area contributed by atoms with Crippen LogP contribution in [0.1, 0.15) is 16.9 Å². The monoisotopic (exact) mass is 392 g/mol. The zero-order valence-electron chi connectivity index (χ0n) is 16.5. The van der Waals surface area contributed by atoms with E-state index in [2.05, 4.69) is 20.6 Å². The molecule has 3 aromatic rings. The van der Waals surface area contributed by atoms with E-state index < -0.39 is 0 Å². The highest BCUT2D eigenvalue weighted by atomic mass is 16.5. The van der Waals surface area contributed by atoms with Gasteiger partial charge in [-0.05, 0) is 18.6 Å². The molecule has 1 aromatic heterocycles. The highest BCUT2D eigenvalue weighted by Crippen LogP contribution is 2.24. The zero-order valence-corrected chi connectivity index (χ0v) is 16.5. The van der Waals surface area contributed by atoms with Crippen LogP contribution >= 0.6 is 0 Å². The van der Waals surface area contributed by atoms with E-state index in [0.29, 0.717) is 36.2 Å². The van der Waals surface area contributed by atoms with Crippen LogP contribution in [0, 0.1) is 0 Å². The predicted molar refractivity (Wildman–Crippen MR) is 113 cm³/mol. The summed E-state index contributed by atoms with van der Waals surface area (Å²) >= 11 is 0. The molecule has 0 bridgehead atoms. The van der Waals surface area contributed by atoms with E-state index in [-0.39, 0.29) is 11.6 Å². The molecule has 0 aliphatic rings. The fraction of sp³-hybridized carbons (Fsp3) is 0.227. The molecule has 0 radical (unpaired) electrons. The molecule has 0 unspecified atom stereocenters. The van der Waals surface area contributed by atoms with Crippen molar-refractivity contribution >= 4 is 17.4 Å². The number of methoxy groups -OCH3 is 2. The number of benzene rings is 2. The van der Waals surface area contributed by atoms with Gasteiger partial charge in [-0.2, -0.15) is 0 Å². The smallest absolute Gasteiger partial charge is 0.274 e. The van der Waals surface area contributed by atoms with Crippen LogP contribution in [-0.2, 0) is 4.74 Å². The lowest BCUT2D eigenvalue weighted by Crippen LogP contribution is -2.16. The summed E-state index contributed by atoms with van der Waals surface area (Å²) in [5, 5.41) is 6.09. The first kappa shape index (κ1) is 20.3. The first-order valence-corrected chi connectivity index (χ1v) is 9.33. The van der Waals surface area contributed by atoms with E-state index in [4.69, 9.17) is 9.47 Å². The maximum Gasteiger partial charge on any atom is 0.274 e. The highest BCUT2D eigenvalue weighted by molar-refractivity contribution is 6.04.